The number of sulfonamides is 1. The van der Waals surface area contributed by atoms with E-state index < -0.39 is 37.0 Å². The summed E-state index contributed by atoms with van der Waals surface area (Å²) in [5.74, 6) is 0.000168. The zero-order chi connectivity index (χ0) is 48.0. The van der Waals surface area contributed by atoms with Crippen molar-refractivity contribution < 1.29 is 37.5 Å². The summed E-state index contributed by atoms with van der Waals surface area (Å²) >= 11 is 7.72. The number of ether oxygens (including phenoxy) is 3. The minimum Gasteiger partial charge on any atom is -0.491 e. The predicted molar refractivity (Wildman–Crippen MR) is 263 cm³/mol. The first-order valence-electron chi connectivity index (χ1n) is 23.5. The molecule has 3 aromatic carbocycles. The molecule has 3 fully saturated rings. The van der Waals surface area contributed by atoms with Crippen LogP contribution in [0.4, 0.5) is 11.4 Å². The molecule has 15 nitrogen and oxygen atoms in total. The topological polar surface area (TPSA) is 198 Å². The van der Waals surface area contributed by atoms with Gasteiger partial charge in [-0.2, -0.15) is 0 Å². The fourth-order valence-corrected chi connectivity index (χ4v) is 13.1. The molecule has 1 amide bonds. The number of rotatable bonds is 15. The third-order valence-corrected chi connectivity index (χ3v) is 17.5. The van der Waals surface area contributed by atoms with Gasteiger partial charge in [0.2, 0.25) is 0 Å². The van der Waals surface area contributed by atoms with Gasteiger partial charge in [-0.05, 0) is 112 Å². The zero-order valence-electron chi connectivity index (χ0n) is 38.8. The Balaban J connectivity index is 0.917. The van der Waals surface area contributed by atoms with Crippen molar-refractivity contribution in [1.29, 1.82) is 0 Å². The number of amides is 1. The summed E-state index contributed by atoms with van der Waals surface area (Å²) in [6, 6.07) is 18.0. The summed E-state index contributed by atoms with van der Waals surface area (Å²) in [7, 11) is -4.67. The minimum atomic E-state index is -4.67. The van der Waals surface area contributed by atoms with Gasteiger partial charge in [0.15, 0.2) is 0 Å². The van der Waals surface area contributed by atoms with Gasteiger partial charge in [-0.3, -0.25) is 14.9 Å². The van der Waals surface area contributed by atoms with Crippen molar-refractivity contribution in [2.75, 3.05) is 37.8 Å². The van der Waals surface area contributed by atoms with Crippen LogP contribution < -0.4 is 24.4 Å². The van der Waals surface area contributed by atoms with Crippen molar-refractivity contribution in [3.05, 3.63) is 105 Å². The predicted octanol–water partition coefficient (Wildman–Crippen LogP) is 10.1. The summed E-state index contributed by atoms with van der Waals surface area (Å²) in [6.07, 6.45) is 9.91. The summed E-state index contributed by atoms with van der Waals surface area (Å²) in [5.41, 5.74) is 2.94. The van der Waals surface area contributed by atoms with Crippen LogP contribution in [0, 0.1) is 21.4 Å². The molecule has 1 spiro atoms. The summed E-state index contributed by atoms with van der Waals surface area (Å²) < 4.78 is 48.5. The van der Waals surface area contributed by atoms with Crippen molar-refractivity contribution >= 4 is 61.7 Å². The highest BCUT2D eigenvalue weighted by Crippen LogP contribution is 2.51. The van der Waals surface area contributed by atoms with Gasteiger partial charge in [0.25, 0.3) is 21.6 Å². The zero-order valence-corrected chi connectivity index (χ0v) is 41.1. The molecule has 2 aliphatic heterocycles. The Morgan fingerprint density at radius 1 is 1.09 bits per heavy atom. The number of carbonyl (C=O) groups is 1. The Morgan fingerprint density at radius 3 is 2.53 bits per heavy atom. The number of aromatic amines is 1. The lowest BCUT2D eigenvalue weighted by Gasteiger charge is -2.53. The van der Waals surface area contributed by atoms with Gasteiger partial charge in [0, 0.05) is 66.5 Å². The van der Waals surface area contributed by atoms with Gasteiger partial charge in [-0.15, -0.1) is 11.8 Å². The minimum absolute atomic E-state index is 0.0611. The van der Waals surface area contributed by atoms with E-state index in [1.807, 2.05) is 13.8 Å². The maximum Gasteiger partial charge on any atom is 0.288 e. The van der Waals surface area contributed by atoms with Crippen molar-refractivity contribution in [2.24, 2.45) is 11.3 Å². The van der Waals surface area contributed by atoms with Crippen LogP contribution in [0.25, 0.3) is 11.0 Å². The first kappa shape index (κ1) is 48.1. The molecule has 4 heterocycles. The number of H-pyrrole nitrogens is 1. The van der Waals surface area contributed by atoms with Crippen LogP contribution in [-0.2, 0) is 14.8 Å². The third kappa shape index (κ3) is 10.2. The Labute approximate surface area is 406 Å². The molecule has 18 heteroatoms. The van der Waals surface area contributed by atoms with E-state index in [1.54, 1.807) is 24.4 Å². The molecule has 9 rings (SSSR count). The standard InChI is InChI=1S/C50H59ClN6O9S2/c1-5-64-28-41(37-9-7-6-8-36(37)30(2)3)54-32-24-50(25-32)16-18-56(19-17-50)33-10-11-38(43(20-33)66-34-21-39-40(51)27-53-47(39)52-26-34)48(58)55-68(62,63)35-22-42(57(60)61)46-44(23-35)65-29-45(67-46)31-12-14-49(4,59)15-13-31/h6-11,20-23,26-27,30-32,41,45,54,59H,5,12-19,24-25,28-29H2,1-4H3,(H,52,53)(H,55,58)/t31?,41-,45+,49?/m0/s1. The van der Waals surface area contributed by atoms with Gasteiger partial charge < -0.3 is 34.5 Å². The lowest BCUT2D eigenvalue weighted by Crippen LogP contribution is -2.54. The Kier molecular flexibility index (Phi) is 13.8. The lowest BCUT2D eigenvalue weighted by molar-refractivity contribution is -0.388. The molecule has 1 saturated heterocycles. The molecule has 0 unspecified atom stereocenters. The quantitative estimate of drug-likeness (QED) is 0.0572. The average molecular weight is 988 g/mol. The number of piperidine rings is 1. The number of aliphatic hydroxyl groups is 1. The molecule has 2 aromatic heterocycles. The SMILES string of the molecule is CCOC[C@H](NC1CC2(CCN(c3ccc(C(=O)NS(=O)(=O)c4cc5c(c([N+](=O)[O-])c4)S[C@@H](C4CCC(C)(O)CC4)CO5)c(Oc4cnc5[nH]cc(Cl)c5c4)c3)CC2)C1)c1ccccc1C(C)C. The second kappa shape index (κ2) is 19.5. The number of nitro benzene ring substituents is 1. The maximum absolute atomic E-state index is 14.1. The van der Waals surface area contributed by atoms with Crippen molar-refractivity contribution in [3.63, 3.8) is 0 Å². The van der Waals surface area contributed by atoms with E-state index in [1.165, 1.54) is 41.2 Å². The van der Waals surface area contributed by atoms with Crippen LogP contribution in [-0.4, -0.2) is 84.1 Å². The lowest BCUT2D eigenvalue weighted by atomic mass is 9.60. The molecular weight excluding hydrogens is 928 g/mol. The first-order chi connectivity index (χ1) is 32.5. The van der Waals surface area contributed by atoms with Gasteiger partial charge in [0.1, 0.15) is 34.4 Å². The molecule has 0 bridgehead atoms. The number of thioether (sulfide) groups is 1. The fraction of sp³-hybridized carbons (Fsp3) is 0.480. The second-order valence-corrected chi connectivity index (χ2v) is 22.8. The Hall–Kier alpha value is -4.91. The number of aromatic nitrogens is 2. The molecule has 2 atom stereocenters. The van der Waals surface area contributed by atoms with Crippen LogP contribution in [0.1, 0.15) is 113 Å². The van der Waals surface area contributed by atoms with E-state index in [2.05, 4.69) is 63.0 Å². The molecule has 2 aliphatic carbocycles. The smallest absolute Gasteiger partial charge is 0.288 e. The average Bonchev–Trinajstić information content (AvgIpc) is 3.68. The number of carbonyl (C=O) groups excluding carboxylic acids is 1. The van der Waals surface area contributed by atoms with Crippen molar-refractivity contribution in [3.8, 4) is 17.2 Å². The number of nitro groups is 1. The Bertz CT molecular complexity index is 2790. The summed E-state index contributed by atoms with van der Waals surface area (Å²) in [6.45, 7) is 11.3. The van der Waals surface area contributed by atoms with Gasteiger partial charge in [-0.1, -0.05) is 49.7 Å². The molecular formula is C50H59ClN6O9S2. The van der Waals surface area contributed by atoms with E-state index in [0.717, 1.165) is 63.4 Å². The van der Waals surface area contributed by atoms with Gasteiger partial charge in [0.05, 0.1) is 44.9 Å². The van der Waals surface area contributed by atoms with Crippen LogP contribution >= 0.6 is 23.4 Å². The van der Waals surface area contributed by atoms with E-state index in [9.17, 15) is 28.4 Å². The number of pyridine rings is 1. The molecule has 5 aromatic rings. The van der Waals surface area contributed by atoms with Crippen LogP contribution in [0.5, 0.6) is 17.2 Å². The number of anilines is 1. The van der Waals surface area contributed by atoms with E-state index in [4.69, 9.17) is 25.8 Å². The molecule has 68 heavy (non-hydrogen) atoms. The summed E-state index contributed by atoms with van der Waals surface area (Å²) in [5, 5.41) is 27.8. The highest BCUT2D eigenvalue weighted by Gasteiger charge is 2.47. The van der Waals surface area contributed by atoms with Crippen LogP contribution in [0.2, 0.25) is 5.02 Å². The van der Waals surface area contributed by atoms with E-state index >= 15 is 0 Å². The largest absolute Gasteiger partial charge is 0.491 e. The van der Waals surface area contributed by atoms with Crippen molar-refractivity contribution in [1.82, 2.24) is 20.0 Å². The van der Waals surface area contributed by atoms with Crippen molar-refractivity contribution in [2.45, 2.75) is 118 Å². The number of hydrogen-bond acceptors (Lipinski definition) is 13. The number of halogens is 1. The normalized spacial score (nSPS) is 22.1. The number of nitrogens with zero attached hydrogens (tertiary/aromatic N) is 3. The monoisotopic (exact) mass is 986 g/mol. The second-order valence-electron chi connectivity index (χ2n) is 19.5. The van der Waals surface area contributed by atoms with Crippen LogP contribution in [0.15, 0.2) is 82.8 Å². The van der Waals surface area contributed by atoms with Gasteiger partial charge in [-0.25, -0.2) is 18.1 Å². The molecule has 0 radical (unpaired) electrons. The Morgan fingerprint density at radius 2 is 1.82 bits per heavy atom. The van der Waals surface area contributed by atoms with E-state index in [0.29, 0.717) is 54.1 Å². The number of fused-ring (bicyclic) bond motifs is 2. The summed E-state index contributed by atoms with van der Waals surface area (Å²) in [4.78, 5) is 35.4. The molecule has 4 aliphatic rings. The van der Waals surface area contributed by atoms with Gasteiger partial charge >= 0.3 is 0 Å². The molecule has 362 valence electrons. The van der Waals surface area contributed by atoms with E-state index in [-0.39, 0.29) is 56.9 Å². The fourth-order valence-electron chi connectivity index (χ4n) is 10.5. The number of hydrogen-bond donors (Lipinski definition) is 4. The van der Waals surface area contributed by atoms with Crippen LogP contribution in [0.3, 0.4) is 0 Å². The highest BCUT2D eigenvalue weighted by atomic mass is 35.5. The molecule has 4 N–H and O–H groups in total. The maximum atomic E-state index is 14.1. The molecule has 2 saturated carbocycles. The highest BCUT2D eigenvalue weighted by molar-refractivity contribution is 8.00. The first-order valence-corrected chi connectivity index (χ1v) is 26.3. The number of nitrogens with one attached hydrogen (secondary N) is 3. The third-order valence-electron chi connectivity index (χ3n) is 14.4. The number of benzene rings is 3.